The first-order chi connectivity index (χ1) is 6.68. The highest BCUT2D eigenvalue weighted by atomic mass is 16.3. The number of aliphatic hydroxyl groups is 1. The van der Waals surface area contributed by atoms with Gasteiger partial charge in [-0.1, -0.05) is 20.3 Å². The third-order valence-corrected chi connectivity index (χ3v) is 4.18. The molecular weight excluding hydrogens is 174 g/mol. The number of nitrogens with two attached hydrogens (primary N) is 1. The van der Waals surface area contributed by atoms with E-state index in [2.05, 4.69) is 6.92 Å². The zero-order valence-electron chi connectivity index (χ0n) is 9.63. The lowest BCUT2D eigenvalue weighted by atomic mass is 9.66. The SMILES string of the molecule is CCC1CCC(CN)(C(O)CC)CC1. The number of aliphatic hydroxyl groups excluding tert-OH is 1. The topological polar surface area (TPSA) is 46.2 Å². The van der Waals surface area contributed by atoms with E-state index in [-0.39, 0.29) is 11.5 Å². The summed E-state index contributed by atoms with van der Waals surface area (Å²) >= 11 is 0. The summed E-state index contributed by atoms with van der Waals surface area (Å²) in [6.07, 6.45) is 6.69. The van der Waals surface area contributed by atoms with Gasteiger partial charge in [0.2, 0.25) is 0 Å². The normalized spacial score (nSPS) is 35.6. The summed E-state index contributed by atoms with van der Waals surface area (Å²) in [7, 11) is 0. The molecular formula is C12H25NO. The summed E-state index contributed by atoms with van der Waals surface area (Å²) in [6.45, 7) is 4.96. The van der Waals surface area contributed by atoms with Crippen molar-refractivity contribution >= 4 is 0 Å². The van der Waals surface area contributed by atoms with Gasteiger partial charge in [0.25, 0.3) is 0 Å². The summed E-state index contributed by atoms with van der Waals surface area (Å²) in [5, 5.41) is 10.0. The van der Waals surface area contributed by atoms with Gasteiger partial charge in [-0.3, -0.25) is 0 Å². The molecule has 2 nitrogen and oxygen atoms in total. The van der Waals surface area contributed by atoms with Crippen LogP contribution in [0.15, 0.2) is 0 Å². The van der Waals surface area contributed by atoms with Crippen molar-refractivity contribution in [2.45, 2.75) is 58.5 Å². The van der Waals surface area contributed by atoms with Crippen LogP contribution >= 0.6 is 0 Å². The molecule has 0 radical (unpaired) electrons. The van der Waals surface area contributed by atoms with Crippen LogP contribution in [0.1, 0.15) is 52.4 Å². The van der Waals surface area contributed by atoms with Crippen molar-refractivity contribution in [3.05, 3.63) is 0 Å². The van der Waals surface area contributed by atoms with Gasteiger partial charge in [-0.05, 0) is 38.0 Å². The molecule has 1 atom stereocenters. The van der Waals surface area contributed by atoms with Gasteiger partial charge >= 0.3 is 0 Å². The Balaban J connectivity index is 2.56. The smallest absolute Gasteiger partial charge is 0.0605 e. The molecule has 0 heterocycles. The van der Waals surface area contributed by atoms with E-state index in [1.54, 1.807) is 0 Å². The highest BCUT2D eigenvalue weighted by molar-refractivity contribution is 4.91. The van der Waals surface area contributed by atoms with Gasteiger partial charge < -0.3 is 10.8 Å². The van der Waals surface area contributed by atoms with Gasteiger partial charge in [0.05, 0.1) is 6.10 Å². The largest absolute Gasteiger partial charge is 0.393 e. The van der Waals surface area contributed by atoms with Crippen molar-refractivity contribution in [1.29, 1.82) is 0 Å². The molecule has 1 rings (SSSR count). The first-order valence-electron chi connectivity index (χ1n) is 6.06. The minimum absolute atomic E-state index is 0.0421. The Morgan fingerprint density at radius 3 is 2.29 bits per heavy atom. The molecule has 1 unspecified atom stereocenters. The maximum atomic E-state index is 10.0. The van der Waals surface area contributed by atoms with Crippen LogP contribution in [0.4, 0.5) is 0 Å². The van der Waals surface area contributed by atoms with Crippen molar-refractivity contribution in [3.63, 3.8) is 0 Å². The zero-order chi connectivity index (χ0) is 10.6. The Morgan fingerprint density at radius 1 is 1.36 bits per heavy atom. The Labute approximate surface area is 87.9 Å². The average Bonchev–Trinajstić information content (AvgIpc) is 2.28. The van der Waals surface area contributed by atoms with Crippen LogP contribution in [0.5, 0.6) is 0 Å². The molecule has 0 aromatic carbocycles. The van der Waals surface area contributed by atoms with Gasteiger partial charge in [0, 0.05) is 12.0 Å². The van der Waals surface area contributed by atoms with Crippen molar-refractivity contribution < 1.29 is 5.11 Å². The summed E-state index contributed by atoms with van der Waals surface area (Å²) in [4.78, 5) is 0. The van der Waals surface area contributed by atoms with Crippen LogP contribution < -0.4 is 5.73 Å². The highest BCUT2D eigenvalue weighted by Gasteiger charge is 2.38. The van der Waals surface area contributed by atoms with Gasteiger partial charge in [-0.2, -0.15) is 0 Å². The lowest BCUT2D eigenvalue weighted by molar-refractivity contribution is -0.0103. The Hall–Kier alpha value is -0.0800. The maximum absolute atomic E-state index is 10.0. The molecule has 14 heavy (non-hydrogen) atoms. The molecule has 1 aliphatic carbocycles. The molecule has 84 valence electrons. The van der Waals surface area contributed by atoms with Gasteiger partial charge in [0.15, 0.2) is 0 Å². The molecule has 2 heteroatoms. The predicted molar refractivity (Wildman–Crippen MR) is 60.0 cm³/mol. The molecule has 0 aromatic rings. The van der Waals surface area contributed by atoms with E-state index in [1.165, 1.54) is 19.3 Å². The maximum Gasteiger partial charge on any atom is 0.0605 e. The van der Waals surface area contributed by atoms with E-state index >= 15 is 0 Å². The van der Waals surface area contributed by atoms with E-state index in [1.807, 2.05) is 6.92 Å². The van der Waals surface area contributed by atoms with E-state index in [4.69, 9.17) is 5.73 Å². The van der Waals surface area contributed by atoms with Crippen LogP contribution in [0.25, 0.3) is 0 Å². The van der Waals surface area contributed by atoms with Crippen LogP contribution in [0.2, 0.25) is 0 Å². The van der Waals surface area contributed by atoms with Crippen LogP contribution in [-0.4, -0.2) is 17.8 Å². The molecule has 1 aliphatic rings. The number of hydrogen-bond acceptors (Lipinski definition) is 2. The first kappa shape index (κ1) is 12.0. The second-order valence-electron chi connectivity index (χ2n) is 4.84. The van der Waals surface area contributed by atoms with E-state index < -0.39 is 0 Å². The van der Waals surface area contributed by atoms with Crippen molar-refractivity contribution in [1.82, 2.24) is 0 Å². The van der Waals surface area contributed by atoms with E-state index in [0.717, 1.165) is 25.2 Å². The fourth-order valence-electron chi connectivity index (χ4n) is 2.77. The van der Waals surface area contributed by atoms with Crippen LogP contribution in [0, 0.1) is 11.3 Å². The zero-order valence-corrected chi connectivity index (χ0v) is 9.63. The van der Waals surface area contributed by atoms with Gasteiger partial charge in [-0.25, -0.2) is 0 Å². The fraction of sp³-hybridized carbons (Fsp3) is 1.00. The van der Waals surface area contributed by atoms with Gasteiger partial charge in [-0.15, -0.1) is 0 Å². The van der Waals surface area contributed by atoms with Crippen molar-refractivity contribution in [3.8, 4) is 0 Å². The minimum Gasteiger partial charge on any atom is -0.393 e. The molecule has 3 N–H and O–H groups in total. The van der Waals surface area contributed by atoms with Crippen molar-refractivity contribution in [2.75, 3.05) is 6.54 Å². The molecule has 1 fully saturated rings. The van der Waals surface area contributed by atoms with E-state index in [9.17, 15) is 5.11 Å². The summed E-state index contributed by atoms with van der Waals surface area (Å²) in [5.74, 6) is 0.874. The fourth-order valence-corrected chi connectivity index (χ4v) is 2.77. The molecule has 0 spiro atoms. The lowest BCUT2D eigenvalue weighted by Crippen LogP contribution is -2.44. The predicted octanol–water partition coefficient (Wildman–Crippen LogP) is 2.30. The van der Waals surface area contributed by atoms with Crippen LogP contribution in [-0.2, 0) is 0 Å². The number of rotatable bonds is 4. The molecule has 0 saturated heterocycles. The highest BCUT2D eigenvalue weighted by Crippen LogP contribution is 2.42. The molecule has 0 aromatic heterocycles. The monoisotopic (exact) mass is 199 g/mol. The standard InChI is InChI=1S/C12H25NO/c1-3-10-5-7-12(9-13,8-6-10)11(14)4-2/h10-11,14H,3-9,13H2,1-2H3. The van der Waals surface area contributed by atoms with Gasteiger partial charge in [0.1, 0.15) is 0 Å². The summed E-state index contributed by atoms with van der Waals surface area (Å²) < 4.78 is 0. The van der Waals surface area contributed by atoms with Crippen LogP contribution in [0.3, 0.4) is 0 Å². The molecule has 0 amide bonds. The van der Waals surface area contributed by atoms with E-state index in [0.29, 0.717) is 6.54 Å². The Kier molecular flexibility index (Phi) is 4.39. The second kappa shape index (κ2) is 5.13. The third kappa shape index (κ3) is 2.29. The third-order valence-electron chi connectivity index (χ3n) is 4.18. The van der Waals surface area contributed by atoms with Crippen molar-refractivity contribution in [2.24, 2.45) is 17.1 Å². The number of hydrogen-bond donors (Lipinski definition) is 2. The molecule has 0 aliphatic heterocycles. The lowest BCUT2D eigenvalue weighted by Gasteiger charge is -2.42. The summed E-state index contributed by atoms with van der Waals surface area (Å²) in [6, 6.07) is 0. The molecule has 1 saturated carbocycles. The second-order valence-corrected chi connectivity index (χ2v) is 4.84. The Morgan fingerprint density at radius 2 is 1.93 bits per heavy atom. The average molecular weight is 199 g/mol. The quantitative estimate of drug-likeness (QED) is 0.730. The summed E-state index contributed by atoms with van der Waals surface area (Å²) in [5.41, 5.74) is 5.88. The Bertz CT molecular complexity index is 162. The molecule has 0 bridgehead atoms. The first-order valence-corrected chi connectivity index (χ1v) is 6.06. The minimum atomic E-state index is -0.190.